The van der Waals surface area contributed by atoms with Gasteiger partial charge in [0.05, 0.1) is 18.4 Å². The van der Waals surface area contributed by atoms with E-state index in [-0.39, 0.29) is 30.1 Å². The van der Waals surface area contributed by atoms with Gasteiger partial charge in [-0.2, -0.15) is 11.8 Å². The number of aromatic nitrogens is 5. The number of carbonyl (C=O) groups is 2. The molecule has 6 aromatic rings. The number of H-pyrrole nitrogens is 1. The molecule has 13 heteroatoms. The molecule has 2 amide bonds. The number of urea groups is 1. The third kappa shape index (κ3) is 6.32. The van der Waals surface area contributed by atoms with Crippen LogP contribution in [0.3, 0.4) is 0 Å². The molecule has 11 nitrogen and oxygen atoms in total. The maximum Gasteiger partial charge on any atom is 0.315 e. The SMILES string of the molecule is CC(C)n1cnc2c(NCCc3c[nH]c4ccc(OC(=O)CCCC[C@@H]5SC[C@@H]6NC(=O)NC65)cc34)nc(-c3csc4ccccc34)nc21. The number of anilines is 1. The van der Waals surface area contributed by atoms with Crippen molar-refractivity contribution in [3.8, 4) is 17.1 Å². The number of thiophene rings is 1. The lowest BCUT2D eigenvalue weighted by Gasteiger charge is -2.16. The van der Waals surface area contributed by atoms with Crippen molar-refractivity contribution in [1.29, 1.82) is 0 Å². The lowest BCUT2D eigenvalue weighted by Crippen LogP contribution is -2.36. The van der Waals surface area contributed by atoms with Crippen molar-refractivity contribution in [3.63, 3.8) is 0 Å². The maximum atomic E-state index is 12.7. The Morgan fingerprint density at radius 3 is 2.92 bits per heavy atom. The monoisotopic (exact) mass is 694 g/mol. The number of rotatable bonds is 12. The van der Waals surface area contributed by atoms with E-state index in [9.17, 15) is 9.59 Å². The summed E-state index contributed by atoms with van der Waals surface area (Å²) in [4.78, 5) is 42.4. The Hall–Kier alpha value is -4.62. The van der Waals surface area contributed by atoms with Gasteiger partial charge in [0.1, 0.15) is 11.3 Å². The van der Waals surface area contributed by atoms with Crippen molar-refractivity contribution in [2.24, 2.45) is 0 Å². The smallest absolute Gasteiger partial charge is 0.315 e. The highest BCUT2D eigenvalue weighted by Crippen LogP contribution is 2.35. The fraction of sp³-hybridized carbons (Fsp3) is 0.361. The van der Waals surface area contributed by atoms with Gasteiger partial charge in [0, 0.05) is 68.1 Å². The van der Waals surface area contributed by atoms with Crippen molar-refractivity contribution < 1.29 is 14.3 Å². The molecule has 2 fully saturated rings. The number of fused-ring (bicyclic) bond motifs is 4. The van der Waals surface area contributed by atoms with Gasteiger partial charge in [-0.15, -0.1) is 11.3 Å². The molecule has 2 saturated heterocycles. The zero-order chi connectivity index (χ0) is 33.5. The summed E-state index contributed by atoms with van der Waals surface area (Å²) in [5.41, 5.74) is 4.68. The van der Waals surface area contributed by atoms with Crippen LogP contribution in [0.15, 0.2) is 60.4 Å². The summed E-state index contributed by atoms with van der Waals surface area (Å²) in [7, 11) is 0. The topological polar surface area (TPSA) is 139 Å². The van der Waals surface area contributed by atoms with Gasteiger partial charge >= 0.3 is 12.0 Å². The molecule has 0 saturated carbocycles. The minimum Gasteiger partial charge on any atom is -0.427 e. The summed E-state index contributed by atoms with van der Waals surface area (Å²) in [5.74, 6) is 2.65. The fourth-order valence-corrected chi connectivity index (χ4v) is 9.36. The number of benzene rings is 2. The second-order valence-electron chi connectivity index (χ2n) is 13.0. The fourth-order valence-electron chi connectivity index (χ4n) is 6.87. The molecule has 252 valence electrons. The first-order valence-electron chi connectivity index (χ1n) is 16.9. The van der Waals surface area contributed by atoms with Gasteiger partial charge < -0.3 is 30.2 Å². The molecule has 0 aliphatic carbocycles. The molecule has 1 unspecified atom stereocenters. The van der Waals surface area contributed by atoms with E-state index in [2.05, 4.69) is 62.9 Å². The van der Waals surface area contributed by atoms with Gasteiger partial charge in [-0.25, -0.2) is 19.7 Å². The molecule has 4 aromatic heterocycles. The summed E-state index contributed by atoms with van der Waals surface area (Å²) in [5, 5.41) is 14.2. The average Bonchev–Trinajstić information content (AvgIpc) is 3.92. The first kappa shape index (κ1) is 31.6. The van der Waals surface area contributed by atoms with E-state index < -0.39 is 0 Å². The summed E-state index contributed by atoms with van der Waals surface area (Å²) in [6.45, 7) is 4.88. The Morgan fingerprint density at radius 1 is 1.12 bits per heavy atom. The summed E-state index contributed by atoms with van der Waals surface area (Å²) in [6, 6.07) is 14.6. The molecule has 49 heavy (non-hydrogen) atoms. The van der Waals surface area contributed by atoms with Crippen molar-refractivity contribution in [1.82, 2.24) is 35.1 Å². The average molecular weight is 695 g/mol. The Bertz CT molecular complexity index is 2170. The molecule has 8 rings (SSSR count). The number of ether oxygens (including phenoxy) is 1. The number of hydrogen-bond acceptors (Lipinski definition) is 9. The summed E-state index contributed by atoms with van der Waals surface area (Å²) >= 11 is 3.59. The van der Waals surface area contributed by atoms with E-state index in [4.69, 9.17) is 19.7 Å². The van der Waals surface area contributed by atoms with Crippen molar-refractivity contribution in [3.05, 3.63) is 65.9 Å². The number of imidazole rings is 1. The van der Waals surface area contributed by atoms with E-state index in [1.807, 2.05) is 48.6 Å². The number of thioether (sulfide) groups is 1. The van der Waals surface area contributed by atoms with Gasteiger partial charge in [0.2, 0.25) is 0 Å². The second kappa shape index (κ2) is 13.4. The van der Waals surface area contributed by atoms with Crippen LogP contribution >= 0.6 is 23.1 Å². The van der Waals surface area contributed by atoms with Crippen LogP contribution in [0.5, 0.6) is 5.75 Å². The van der Waals surface area contributed by atoms with Crippen LogP contribution in [-0.4, -0.2) is 66.1 Å². The Labute approximate surface area is 291 Å². The Kier molecular flexibility index (Phi) is 8.62. The number of unbranched alkanes of at least 4 members (excludes halogenated alkanes) is 1. The summed E-state index contributed by atoms with van der Waals surface area (Å²) < 4.78 is 9.04. The van der Waals surface area contributed by atoms with Crippen LogP contribution < -0.4 is 20.7 Å². The number of carbonyl (C=O) groups excluding carboxylic acids is 2. The van der Waals surface area contributed by atoms with E-state index in [0.29, 0.717) is 35.6 Å². The van der Waals surface area contributed by atoms with E-state index in [0.717, 1.165) is 70.0 Å². The highest BCUT2D eigenvalue weighted by molar-refractivity contribution is 8.00. The molecular weight excluding hydrogens is 657 g/mol. The molecular formula is C36H38N8O3S2. The Balaban J connectivity index is 0.919. The molecule has 4 N–H and O–H groups in total. The lowest BCUT2D eigenvalue weighted by molar-refractivity contribution is -0.134. The van der Waals surface area contributed by atoms with Crippen LogP contribution in [0.4, 0.5) is 10.6 Å². The molecule has 2 aromatic carbocycles. The zero-order valence-corrected chi connectivity index (χ0v) is 29.0. The predicted octanol–water partition coefficient (Wildman–Crippen LogP) is 7.06. The molecule has 2 aliphatic heterocycles. The quantitative estimate of drug-likeness (QED) is 0.0463. The number of aromatic amines is 1. The van der Waals surface area contributed by atoms with Crippen molar-refractivity contribution >= 4 is 73.1 Å². The first-order valence-corrected chi connectivity index (χ1v) is 18.8. The normalized spacial score (nSPS) is 18.8. The van der Waals surface area contributed by atoms with Crippen molar-refractivity contribution in [2.45, 2.75) is 69.3 Å². The van der Waals surface area contributed by atoms with Gasteiger partial charge in [-0.1, -0.05) is 24.6 Å². The van der Waals surface area contributed by atoms with E-state index >= 15 is 0 Å². The van der Waals surface area contributed by atoms with Gasteiger partial charge in [-0.3, -0.25) is 4.79 Å². The first-order chi connectivity index (χ1) is 23.9. The molecule has 0 radical (unpaired) electrons. The second-order valence-corrected chi connectivity index (χ2v) is 15.2. The number of nitrogens with zero attached hydrogens (tertiary/aromatic N) is 4. The van der Waals surface area contributed by atoms with E-state index in [1.165, 1.54) is 4.70 Å². The zero-order valence-electron chi connectivity index (χ0n) is 27.4. The highest BCUT2D eigenvalue weighted by atomic mass is 32.2. The predicted molar refractivity (Wildman–Crippen MR) is 197 cm³/mol. The molecule has 0 spiro atoms. The molecule has 2 aliphatic rings. The van der Waals surface area contributed by atoms with Crippen LogP contribution in [0, 0.1) is 0 Å². The minimum absolute atomic E-state index is 0.0678. The van der Waals surface area contributed by atoms with Gasteiger partial charge in [0.25, 0.3) is 0 Å². The van der Waals surface area contributed by atoms with Gasteiger partial charge in [0.15, 0.2) is 17.3 Å². The minimum atomic E-state index is -0.228. The molecule has 3 atom stereocenters. The number of nitrogens with one attached hydrogen (secondary N) is 4. The number of hydrogen-bond donors (Lipinski definition) is 4. The number of amides is 2. The highest BCUT2D eigenvalue weighted by Gasteiger charge is 2.42. The van der Waals surface area contributed by atoms with Crippen LogP contribution in [0.1, 0.15) is 51.1 Å². The standard InChI is InChI=1S/C36H38N8O3S2/c1-20(2)44-19-39-32-34(42-33(43-35(32)44)25-17-48-28-8-4-3-7-23(25)28)37-14-13-21-16-38-26-12-11-22(15-24(21)26)47-30(45)10-6-5-9-29-31-27(18-49-29)40-36(46)41-31/h3-4,7-8,11-12,15-17,19-20,27,29,31,38H,5-6,9-10,13-14,18H2,1-2H3,(H,37,42,43)(H2,40,41,46)/t27-,29-,31?/m0/s1. The summed E-state index contributed by atoms with van der Waals surface area (Å²) in [6.07, 6.45) is 7.58. The van der Waals surface area contributed by atoms with Gasteiger partial charge in [-0.05, 0) is 62.9 Å². The number of esters is 1. The van der Waals surface area contributed by atoms with Crippen molar-refractivity contribution in [2.75, 3.05) is 17.6 Å². The van der Waals surface area contributed by atoms with E-state index in [1.54, 1.807) is 11.3 Å². The lowest BCUT2D eigenvalue weighted by atomic mass is 10.0. The third-order valence-electron chi connectivity index (χ3n) is 9.41. The largest absolute Gasteiger partial charge is 0.427 e. The Morgan fingerprint density at radius 2 is 2.02 bits per heavy atom. The molecule has 6 heterocycles. The van der Waals surface area contributed by atoms with Crippen LogP contribution in [0.25, 0.3) is 43.5 Å². The third-order valence-corrected chi connectivity index (χ3v) is 11.9. The van der Waals surface area contributed by atoms with Crippen LogP contribution in [-0.2, 0) is 11.2 Å². The van der Waals surface area contributed by atoms with Crippen LogP contribution in [0.2, 0.25) is 0 Å². The maximum absolute atomic E-state index is 12.7. The molecule has 0 bridgehead atoms.